The van der Waals surface area contributed by atoms with Crippen molar-refractivity contribution < 1.29 is 19.5 Å². The van der Waals surface area contributed by atoms with Crippen molar-refractivity contribution in [1.82, 2.24) is 15.1 Å². The van der Waals surface area contributed by atoms with Crippen LogP contribution in [0.4, 0.5) is 0 Å². The van der Waals surface area contributed by atoms with Crippen LogP contribution in [0.1, 0.15) is 67.7 Å². The van der Waals surface area contributed by atoms with Crippen LogP contribution in [0.2, 0.25) is 0 Å². The minimum atomic E-state index is -0.994. The van der Waals surface area contributed by atoms with Crippen molar-refractivity contribution in [2.75, 3.05) is 11.1 Å². The zero-order valence-corrected chi connectivity index (χ0v) is 22.2. The summed E-state index contributed by atoms with van der Waals surface area (Å²) in [5, 5.41) is 12.3. The van der Waals surface area contributed by atoms with E-state index in [4.69, 9.17) is 0 Å². The Bertz CT molecular complexity index is 663. The predicted molar refractivity (Wildman–Crippen MR) is 132 cm³/mol. The molecule has 0 bridgehead atoms. The first kappa shape index (κ1) is 27.9. The number of carbonyl (C=O) groups excluding carboxylic acids is 2. The number of carbonyl (C=O) groups is 3. The highest BCUT2D eigenvalue weighted by Gasteiger charge is 2.36. The van der Waals surface area contributed by atoms with E-state index in [0.29, 0.717) is 4.55 Å². The van der Waals surface area contributed by atoms with E-state index in [1.165, 1.54) is 0 Å². The fourth-order valence-electron chi connectivity index (χ4n) is 4.05. The molecule has 1 rings (SSSR count). The van der Waals surface area contributed by atoms with Crippen molar-refractivity contribution in [3.8, 4) is 0 Å². The van der Waals surface area contributed by atoms with Gasteiger partial charge in [-0.25, -0.2) is 4.79 Å². The van der Waals surface area contributed by atoms with Crippen molar-refractivity contribution in [2.45, 2.75) is 91.9 Å². The Balaban J connectivity index is 3.13. The molecule has 1 aliphatic heterocycles. The SMILES string of the molecule is C/C(=C\[C@H](C(C)C)N(CI)C(=O)C(NC(=O)C1CCCCN1C(C)C)C(C)C)C(=O)O. The number of hydrogen-bond donors (Lipinski definition) is 2. The molecule has 3 atom stereocenters. The van der Waals surface area contributed by atoms with Crippen LogP contribution < -0.4 is 5.32 Å². The number of rotatable bonds is 10. The highest BCUT2D eigenvalue weighted by Crippen LogP contribution is 2.22. The molecule has 0 aromatic heterocycles. The summed E-state index contributed by atoms with van der Waals surface area (Å²) in [7, 11) is 0. The van der Waals surface area contributed by atoms with Crippen LogP contribution in [0, 0.1) is 11.8 Å². The molecular formula is C23H40IN3O4. The monoisotopic (exact) mass is 549 g/mol. The molecule has 31 heavy (non-hydrogen) atoms. The number of amides is 2. The first-order valence-electron chi connectivity index (χ1n) is 11.3. The number of nitrogens with zero attached hydrogens (tertiary/aromatic N) is 2. The zero-order chi connectivity index (χ0) is 23.9. The third-order valence-electron chi connectivity index (χ3n) is 5.95. The fraction of sp³-hybridized carbons (Fsp3) is 0.783. The van der Waals surface area contributed by atoms with Gasteiger partial charge in [-0.2, -0.15) is 0 Å². The van der Waals surface area contributed by atoms with E-state index in [9.17, 15) is 19.5 Å². The molecule has 1 fully saturated rings. The number of carboxylic acids is 1. The molecule has 0 saturated carbocycles. The lowest BCUT2D eigenvalue weighted by molar-refractivity contribution is -0.140. The van der Waals surface area contributed by atoms with Crippen LogP contribution in [0.15, 0.2) is 11.6 Å². The lowest BCUT2D eigenvalue weighted by Crippen LogP contribution is -2.59. The summed E-state index contributed by atoms with van der Waals surface area (Å²) >= 11 is 2.13. The van der Waals surface area contributed by atoms with Crippen LogP contribution in [0.3, 0.4) is 0 Å². The summed E-state index contributed by atoms with van der Waals surface area (Å²) < 4.78 is 0.406. The minimum absolute atomic E-state index is 0.0336. The number of nitrogens with one attached hydrogen (secondary N) is 1. The van der Waals surface area contributed by atoms with Gasteiger partial charge in [0.15, 0.2) is 0 Å². The van der Waals surface area contributed by atoms with E-state index in [2.05, 4.69) is 46.7 Å². The van der Waals surface area contributed by atoms with Gasteiger partial charge >= 0.3 is 5.97 Å². The molecule has 0 spiro atoms. The molecule has 2 unspecified atom stereocenters. The van der Waals surface area contributed by atoms with E-state index < -0.39 is 12.0 Å². The Morgan fingerprint density at radius 2 is 1.74 bits per heavy atom. The van der Waals surface area contributed by atoms with Gasteiger partial charge in [0.05, 0.1) is 16.6 Å². The fourth-order valence-corrected chi connectivity index (χ4v) is 4.84. The van der Waals surface area contributed by atoms with Gasteiger partial charge < -0.3 is 15.3 Å². The molecule has 1 saturated heterocycles. The van der Waals surface area contributed by atoms with E-state index in [-0.39, 0.29) is 47.3 Å². The number of alkyl halides is 1. The molecule has 0 aromatic rings. The molecule has 0 aromatic carbocycles. The van der Waals surface area contributed by atoms with Crippen molar-refractivity contribution in [2.24, 2.45) is 11.8 Å². The zero-order valence-electron chi connectivity index (χ0n) is 20.0. The molecule has 1 aliphatic rings. The van der Waals surface area contributed by atoms with Crippen molar-refractivity contribution in [1.29, 1.82) is 0 Å². The second-order valence-electron chi connectivity index (χ2n) is 9.39. The second-order valence-corrected chi connectivity index (χ2v) is 10.1. The van der Waals surface area contributed by atoms with Crippen molar-refractivity contribution in [3.63, 3.8) is 0 Å². The summed E-state index contributed by atoms with van der Waals surface area (Å²) in [5.74, 6) is -1.31. The van der Waals surface area contributed by atoms with Crippen LogP contribution in [-0.4, -0.2) is 68.0 Å². The topological polar surface area (TPSA) is 90.0 Å². The van der Waals surface area contributed by atoms with Gasteiger partial charge in [-0.05, 0) is 52.0 Å². The van der Waals surface area contributed by atoms with Crippen molar-refractivity contribution >= 4 is 40.4 Å². The third kappa shape index (κ3) is 7.73. The van der Waals surface area contributed by atoms with Gasteiger partial charge in [-0.15, -0.1) is 0 Å². The molecule has 1 heterocycles. The normalized spacial score (nSPS) is 20.1. The first-order chi connectivity index (χ1) is 14.4. The van der Waals surface area contributed by atoms with Gasteiger partial charge in [0.2, 0.25) is 11.8 Å². The summed E-state index contributed by atoms with van der Waals surface area (Å²) in [4.78, 5) is 42.0. The number of piperidine rings is 1. The lowest BCUT2D eigenvalue weighted by Gasteiger charge is -2.39. The average Bonchev–Trinajstić information content (AvgIpc) is 2.70. The lowest BCUT2D eigenvalue weighted by atomic mass is 9.95. The van der Waals surface area contributed by atoms with Gasteiger partial charge in [-0.3, -0.25) is 14.5 Å². The number of likely N-dealkylation sites (tertiary alicyclic amines) is 1. The van der Waals surface area contributed by atoms with Crippen LogP contribution >= 0.6 is 22.6 Å². The van der Waals surface area contributed by atoms with Gasteiger partial charge in [0.1, 0.15) is 6.04 Å². The molecule has 178 valence electrons. The van der Waals surface area contributed by atoms with Crippen LogP contribution in [-0.2, 0) is 14.4 Å². The van der Waals surface area contributed by atoms with E-state index in [1.807, 2.05) is 27.7 Å². The Morgan fingerprint density at radius 3 is 2.19 bits per heavy atom. The Labute approximate surface area is 201 Å². The largest absolute Gasteiger partial charge is 0.478 e. The number of aliphatic carboxylic acids is 1. The summed E-state index contributed by atoms with van der Waals surface area (Å²) in [5.41, 5.74) is 0.210. The Kier molecular flexibility index (Phi) is 11.5. The molecule has 2 amide bonds. The average molecular weight is 549 g/mol. The summed E-state index contributed by atoms with van der Waals surface area (Å²) in [6.45, 7) is 14.4. The van der Waals surface area contributed by atoms with Gasteiger partial charge in [0, 0.05) is 11.6 Å². The molecular weight excluding hydrogens is 509 g/mol. The highest BCUT2D eigenvalue weighted by molar-refractivity contribution is 14.1. The standard InChI is InChI=1S/C23H40IN3O4/c1-14(2)19(12-17(7)23(30)31)27(13-24)22(29)20(15(3)4)25-21(28)18-10-8-9-11-26(18)16(5)6/h12,14-16,18-20H,8-11,13H2,1-7H3,(H,25,28)(H,30,31)/b17-12+/t18?,19-,20?/m1/s1. The molecule has 7 nitrogen and oxygen atoms in total. The predicted octanol–water partition coefficient (Wildman–Crippen LogP) is 3.67. The van der Waals surface area contributed by atoms with E-state index in [0.717, 1.165) is 25.8 Å². The highest BCUT2D eigenvalue weighted by atomic mass is 127. The second kappa shape index (κ2) is 12.8. The number of hydrogen-bond acceptors (Lipinski definition) is 4. The van der Waals surface area contributed by atoms with Crippen LogP contribution in [0.25, 0.3) is 0 Å². The molecule has 0 radical (unpaired) electrons. The smallest absolute Gasteiger partial charge is 0.331 e. The maximum Gasteiger partial charge on any atom is 0.331 e. The maximum atomic E-state index is 13.6. The summed E-state index contributed by atoms with van der Waals surface area (Å²) in [6.07, 6.45) is 4.54. The molecule has 8 heteroatoms. The Hall–Kier alpha value is -1.16. The number of halogens is 1. The van der Waals surface area contributed by atoms with Crippen molar-refractivity contribution in [3.05, 3.63) is 11.6 Å². The maximum absolute atomic E-state index is 13.6. The van der Waals surface area contributed by atoms with Crippen LogP contribution in [0.5, 0.6) is 0 Å². The van der Waals surface area contributed by atoms with E-state index in [1.54, 1.807) is 17.9 Å². The Morgan fingerprint density at radius 1 is 1.13 bits per heavy atom. The molecule has 2 N–H and O–H groups in total. The summed E-state index contributed by atoms with van der Waals surface area (Å²) in [6, 6.07) is -0.964. The quantitative estimate of drug-likeness (QED) is 0.188. The minimum Gasteiger partial charge on any atom is -0.478 e. The molecule has 0 aliphatic carbocycles. The van der Waals surface area contributed by atoms with E-state index >= 15 is 0 Å². The van der Waals surface area contributed by atoms with Gasteiger partial charge in [0.25, 0.3) is 0 Å². The third-order valence-corrected chi connectivity index (χ3v) is 6.69. The van der Waals surface area contributed by atoms with Gasteiger partial charge in [-0.1, -0.05) is 62.8 Å². The first-order valence-corrected chi connectivity index (χ1v) is 12.8. The number of carboxylic acid groups (broad SMARTS) is 1.